The molecule has 124 valence electrons. The Morgan fingerprint density at radius 1 is 1.18 bits per heavy atom. The van der Waals surface area contributed by atoms with Crippen molar-refractivity contribution >= 4 is 5.91 Å². The van der Waals surface area contributed by atoms with Crippen molar-refractivity contribution in [2.75, 3.05) is 13.1 Å². The van der Waals surface area contributed by atoms with Gasteiger partial charge in [0, 0.05) is 31.1 Å². The molecule has 2 rings (SSSR count). The van der Waals surface area contributed by atoms with Gasteiger partial charge in [-0.3, -0.25) is 4.79 Å². The Hall–Kier alpha value is -1.39. The molecule has 0 radical (unpaired) electrons. The molecule has 1 saturated heterocycles. The van der Waals surface area contributed by atoms with Crippen LogP contribution in [0.1, 0.15) is 72.5 Å². The first kappa shape index (κ1) is 17.0. The number of carbonyl (C=O) groups is 1. The van der Waals surface area contributed by atoms with Crippen LogP contribution in [0.15, 0.2) is 6.20 Å². The lowest BCUT2D eigenvalue weighted by Gasteiger charge is -2.33. The molecule has 1 fully saturated rings. The van der Waals surface area contributed by atoms with E-state index in [4.69, 9.17) is 0 Å². The minimum atomic E-state index is 0.0294. The molecule has 5 nitrogen and oxygen atoms in total. The molecule has 1 aliphatic rings. The first-order valence-electron chi connectivity index (χ1n) is 8.26. The molecule has 1 aromatic rings. The smallest absolute Gasteiger partial charge is 0.223 e. The average molecular weight is 306 g/mol. The van der Waals surface area contributed by atoms with Crippen molar-refractivity contribution in [2.45, 2.75) is 72.3 Å². The predicted molar refractivity (Wildman–Crippen MR) is 87.6 cm³/mol. The third-order valence-electron chi connectivity index (χ3n) is 4.15. The molecular weight excluding hydrogens is 276 g/mol. The normalized spacial score (nSPS) is 17.8. The maximum absolute atomic E-state index is 12.3. The highest BCUT2D eigenvalue weighted by atomic mass is 16.2. The SMILES string of the molecule is CC(C)(C)CC(=O)N1CCC(n2cc(C(C)(C)C)nn2)CC1. The molecule has 1 aliphatic heterocycles. The van der Waals surface area contributed by atoms with Gasteiger partial charge in [-0.15, -0.1) is 5.10 Å². The van der Waals surface area contributed by atoms with Crippen molar-refractivity contribution in [3.8, 4) is 0 Å². The van der Waals surface area contributed by atoms with Gasteiger partial charge in [-0.2, -0.15) is 0 Å². The van der Waals surface area contributed by atoms with Gasteiger partial charge in [-0.25, -0.2) is 4.68 Å². The van der Waals surface area contributed by atoms with Gasteiger partial charge in [0.05, 0.1) is 11.7 Å². The molecule has 0 unspecified atom stereocenters. The summed E-state index contributed by atoms with van der Waals surface area (Å²) < 4.78 is 1.99. The van der Waals surface area contributed by atoms with E-state index < -0.39 is 0 Å². The van der Waals surface area contributed by atoms with Crippen LogP contribution in [0.5, 0.6) is 0 Å². The number of rotatable bonds is 2. The summed E-state index contributed by atoms with van der Waals surface area (Å²) in [4.78, 5) is 14.3. The summed E-state index contributed by atoms with van der Waals surface area (Å²) in [6.45, 7) is 14.4. The molecule has 0 N–H and O–H groups in total. The molecule has 0 spiro atoms. The zero-order chi connectivity index (χ0) is 16.5. The van der Waals surface area contributed by atoms with Crippen LogP contribution < -0.4 is 0 Å². The maximum Gasteiger partial charge on any atom is 0.223 e. The summed E-state index contributed by atoms with van der Waals surface area (Å²) in [5.74, 6) is 0.278. The van der Waals surface area contributed by atoms with Crippen molar-refractivity contribution in [2.24, 2.45) is 5.41 Å². The molecular formula is C17H30N4O. The number of amides is 1. The second-order valence-electron chi connectivity index (χ2n) is 8.68. The summed E-state index contributed by atoms with van der Waals surface area (Å²) >= 11 is 0. The van der Waals surface area contributed by atoms with Crippen LogP contribution in [-0.4, -0.2) is 38.9 Å². The monoisotopic (exact) mass is 306 g/mol. The Kier molecular flexibility index (Phi) is 4.64. The highest BCUT2D eigenvalue weighted by Crippen LogP contribution is 2.27. The number of piperidine rings is 1. The lowest BCUT2D eigenvalue weighted by molar-refractivity contribution is -0.134. The third kappa shape index (κ3) is 4.31. The number of aromatic nitrogens is 3. The van der Waals surface area contributed by atoms with E-state index in [1.165, 1.54) is 0 Å². The van der Waals surface area contributed by atoms with E-state index in [0.29, 0.717) is 12.5 Å². The molecule has 0 saturated carbocycles. The van der Waals surface area contributed by atoms with Gasteiger partial charge >= 0.3 is 0 Å². The zero-order valence-corrected chi connectivity index (χ0v) is 14.9. The fourth-order valence-corrected chi connectivity index (χ4v) is 2.74. The van der Waals surface area contributed by atoms with Crippen LogP contribution in [0, 0.1) is 5.41 Å². The average Bonchev–Trinajstić information content (AvgIpc) is 2.86. The van der Waals surface area contributed by atoms with Crippen molar-refractivity contribution in [3.05, 3.63) is 11.9 Å². The van der Waals surface area contributed by atoms with E-state index in [1.54, 1.807) is 0 Å². The van der Waals surface area contributed by atoms with Gasteiger partial charge in [-0.05, 0) is 18.3 Å². The first-order valence-corrected chi connectivity index (χ1v) is 8.26. The standard InChI is InChI=1S/C17H30N4O/c1-16(2,3)11-15(22)20-9-7-13(8-10-20)21-12-14(18-19-21)17(4,5)6/h12-13H,7-11H2,1-6H3. The minimum absolute atomic E-state index is 0.0294. The van der Waals surface area contributed by atoms with Gasteiger partial charge in [0.2, 0.25) is 5.91 Å². The summed E-state index contributed by atoms with van der Waals surface area (Å²) in [5.41, 5.74) is 1.11. The van der Waals surface area contributed by atoms with E-state index in [2.05, 4.69) is 58.1 Å². The summed E-state index contributed by atoms with van der Waals surface area (Å²) in [6, 6.07) is 0.363. The third-order valence-corrected chi connectivity index (χ3v) is 4.15. The van der Waals surface area contributed by atoms with Crippen LogP contribution in [0.4, 0.5) is 0 Å². The molecule has 0 aromatic carbocycles. The van der Waals surface area contributed by atoms with Crippen molar-refractivity contribution in [1.82, 2.24) is 19.9 Å². The van der Waals surface area contributed by atoms with Crippen LogP contribution in [-0.2, 0) is 10.2 Å². The van der Waals surface area contributed by atoms with Gasteiger partial charge < -0.3 is 4.90 Å². The van der Waals surface area contributed by atoms with Crippen molar-refractivity contribution in [3.63, 3.8) is 0 Å². The quantitative estimate of drug-likeness (QED) is 0.843. The Bertz CT molecular complexity index is 513. The number of nitrogens with zero attached hydrogens (tertiary/aromatic N) is 4. The summed E-state index contributed by atoms with van der Waals surface area (Å²) in [5, 5.41) is 8.60. The molecule has 2 heterocycles. The van der Waals surface area contributed by atoms with E-state index >= 15 is 0 Å². The second kappa shape index (κ2) is 6.01. The number of likely N-dealkylation sites (tertiary alicyclic amines) is 1. The molecule has 5 heteroatoms. The highest BCUT2D eigenvalue weighted by Gasteiger charge is 2.28. The van der Waals surface area contributed by atoms with E-state index in [-0.39, 0.29) is 16.7 Å². The fraction of sp³-hybridized carbons (Fsp3) is 0.824. The Balaban J connectivity index is 1.92. The summed E-state index contributed by atoms with van der Waals surface area (Å²) in [7, 11) is 0. The van der Waals surface area contributed by atoms with Gasteiger partial charge in [0.15, 0.2) is 0 Å². The number of hydrogen-bond donors (Lipinski definition) is 0. The predicted octanol–water partition coefficient (Wildman–Crippen LogP) is 3.18. The minimum Gasteiger partial charge on any atom is -0.343 e. The van der Waals surface area contributed by atoms with Crippen LogP contribution in [0.3, 0.4) is 0 Å². The molecule has 0 atom stereocenters. The number of hydrogen-bond acceptors (Lipinski definition) is 3. The van der Waals surface area contributed by atoms with E-state index in [9.17, 15) is 4.79 Å². The van der Waals surface area contributed by atoms with E-state index in [0.717, 1.165) is 31.6 Å². The topological polar surface area (TPSA) is 51.0 Å². The van der Waals surface area contributed by atoms with Crippen LogP contribution in [0.2, 0.25) is 0 Å². The molecule has 22 heavy (non-hydrogen) atoms. The number of carbonyl (C=O) groups excluding carboxylic acids is 1. The van der Waals surface area contributed by atoms with E-state index in [1.807, 2.05) is 9.58 Å². The van der Waals surface area contributed by atoms with Crippen LogP contribution >= 0.6 is 0 Å². The molecule has 0 bridgehead atoms. The fourth-order valence-electron chi connectivity index (χ4n) is 2.74. The first-order chi connectivity index (χ1) is 10.1. The Morgan fingerprint density at radius 2 is 1.77 bits per heavy atom. The van der Waals surface area contributed by atoms with Gasteiger partial charge in [0.25, 0.3) is 0 Å². The molecule has 1 amide bonds. The van der Waals surface area contributed by atoms with Crippen LogP contribution in [0.25, 0.3) is 0 Å². The largest absolute Gasteiger partial charge is 0.343 e. The second-order valence-corrected chi connectivity index (χ2v) is 8.68. The van der Waals surface area contributed by atoms with Crippen molar-refractivity contribution < 1.29 is 4.79 Å². The van der Waals surface area contributed by atoms with Gasteiger partial charge in [0.1, 0.15) is 0 Å². The lowest BCUT2D eigenvalue weighted by atomic mass is 9.91. The maximum atomic E-state index is 12.3. The summed E-state index contributed by atoms with van der Waals surface area (Å²) in [6.07, 6.45) is 4.61. The zero-order valence-electron chi connectivity index (χ0n) is 14.9. The van der Waals surface area contributed by atoms with Crippen molar-refractivity contribution in [1.29, 1.82) is 0 Å². The Morgan fingerprint density at radius 3 is 2.23 bits per heavy atom. The van der Waals surface area contributed by atoms with Gasteiger partial charge in [-0.1, -0.05) is 46.8 Å². The highest BCUT2D eigenvalue weighted by molar-refractivity contribution is 5.76. The molecule has 1 aromatic heterocycles. The Labute approximate surface area is 134 Å². The lowest BCUT2D eigenvalue weighted by Crippen LogP contribution is -2.40. The molecule has 0 aliphatic carbocycles.